The molecule has 0 saturated heterocycles. The molecule has 2 amide bonds. The summed E-state index contributed by atoms with van der Waals surface area (Å²) in [4.78, 5) is 28.6. The summed E-state index contributed by atoms with van der Waals surface area (Å²) < 4.78 is 48.1. The van der Waals surface area contributed by atoms with Crippen molar-refractivity contribution >= 4 is 50.7 Å². The molecule has 3 aromatic carbocycles. The van der Waals surface area contributed by atoms with Crippen LogP contribution in [-0.2, 0) is 26.2 Å². The first-order valence-electron chi connectivity index (χ1n) is 14.0. The van der Waals surface area contributed by atoms with Gasteiger partial charge in [-0.1, -0.05) is 49.5 Å². The Kier molecular flexibility index (Phi) is 12.7. The number of hydrogen-bond donors (Lipinski definition) is 1. The quantitative estimate of drug-likeness (QED) is 0.191. The molecule has 232 valence electrons. The van der Waals surface area contributed by atoms with E-state index in [1.165, 1.54) is 47.4 Å². The summed E-state index contributed by atoms with van der Waals surface area (Å²) in [5.41, 5.74) is 0.607. The van der Waals surface area contributed by atoms with E-state index >= 15 is 0 Å². The molecule has 1 unspecified atom stereocenters. The molecule has 0 aliphatic rings. The van der Waals surface area contributed by atoms with Crippen molar-refractivity contribution in [1.29, 1.82) is 0 Å². The number of benzene rings is 3. The molecule has 3 aromatic rings. The van der Waals surface area contributed by atoms with Crippen LogP contribution in [0.25, 0.3) is 0 Å². The van der Waals surface area contributed by atoms with Crippen molar-refractivity contribution in [2.24, 2.45) is 0 Å². The lowest BCUT2D eigenvalue weighted by molar-refractivity contribution is -0.140. The number of halogens is 3. The molecule has 0 aliphatic heterocycles. The normalized spacial score (nSPS) is 12.0. The van der Waals surface area contributed by atoms with Crippen LogP contribution in [0.3, 0.4) is 0 Å². The van der Waals surface area contributed by atoms with Crippen molar-refractivity contribution in [3.8, 4) is 5.75 Å². The molecule has 0 aliphatic carbocycles. The van der Waals surface area contributed by atoms with Gasteiger partial charge in [0, 0.05) is 23.1 Å². The zero-order valence-electron chi connectivity index (χ0n) is 24.4. The SMILES string of the molecule is CCCCNC(=O)C(CC)N(Cc1ccc(Cl)cc1Cl)C(=O)CN(c1ccc(F)cc1)S(=O)(=O)c1ccc(OCC)cc1. The molecule has 0 heterocycles. The second kappa shape index (κ2) is 15.9. The van der Waals surface area contributed by atoms with E-state index in [1.54, 1.807) is 19.1 Å². The molecule has 0 radical (unpaired) electrons. The maximum Gasteiger partial charge on any atom is 0.264 e. The average molecular weight is 653 g/mol. The lowest BCUT2D eigenvalue weighted by Crippen LogP contribution is -2.52. The van der Waals surface area contributed by atoms with Gasteiger partial charge >= 0.3 is 0 Å². The Morgan fingerprint density at radius 3 is 2.23 bits per heavy atom. The summed E-state index contributed by atoms with van der Waals surface area (Å²) in [5.74, 6) is -1.10. The van der Waals surface area contributed by atoms with Crippen LogP contribution in [0.15, 0.2) is 71.6 Å². The second-order valence-corrected chi connectivity index (χ2v) is 12.4. The van der Waals surface area contributed by atoms with Crippen LogP contribution in [0.2, 0.25) is 10.0 Å². The van der Waals surface area contributed by atoms with Gasteiger partial charge in [-0.05, 0) is 86.0 Å². The first kappa shape index (κ1) is 34.2. The Bertz CT molecular complexity index is 1490. The zero-order valence-corrected chi connectivity index (χ0v) is 26.7. The van der Waals surface area contributed by atoms with E-state index in [9.17, 15) is 22.4 Å². The molecule has 0 bridgehead atoms. The van der Waals surface area contributed by atoms with Gasteiger partial charge in [0.2, 0.25) is 11.8 Å². The standard InChI is InChI=1S/C31H36Cl2FN3O5S/c1-4-7-18-35-31(39)29(5-2)36(20-22-8-9-23(32)19-28(22)33)30(38)21-37(25-12-10-24(34)11-13-25)43(40,41)27-16-14-26(15-17-27)42-6-3/h8-17,19,29H,4-7,18,20-21H2,1-3H3,(H,35,39). The predicted molar refractivity (Wildman–Crippen MR) is 168 cm³/mol. The molecule has 0 aromatic heterocycles. The number of rotatable bonds is 15. The van der Waals surface area contributed by atoms with Crippen molar-refractivity contribution in [3.05, 3.63) is 88.2 Å². The van der Waals surface area contributed by atoms with Crippen LogP contribution < -0.4 is 14.4 Å². The fraction of sp³-hybridized carbons (Fsp3) is 0.355. The maximum absolute atomic E-state index is 14.1. The molecule has 0 saturated carbocycles. The summed E-state index contributed by atoms with van der Waals surface area (Å²) >= 11 is 12.5. The zero-order chi connectivity index (χ0) is 31.6. The van der Waals surface area contributed by atoms with E-state index in [0.29, 0.717) is 34.5 Å². The van der Waals surface area contributed by atoms with E-state index in [-0.39, 0.29) is 29.5 Å². The minimum Gasteiger partial charge on any atom is -0.494 e. The summed E-state index contributed by atoms with van der Waals surface area (Å²) in [6.07, 6.45) is 1.89. The molecule has 3 rings (SSSR count). The fourth-order valence-corrected chi connectivity index (χ4v) is 6.28. The molecule has 12 heteroatoms. The molecular formula is C31H36Cl2FN3O5S. The number of carbonyl (C=O) groups is 2. The predicted octanol–water partition coefficient (Wildman–Crippen LogP) is 6.45. The van der Waals surface area contributed by atoms with E-state index in [0.717, 1.165) is 29.3 Å². The number of sulfonamides is 1. The maximum atomic E-state index is 14.1. The van der Waals surface area contributed by atoms with Gasteiger partial charge in [-0.25, -0.2) is 12.8 Å². The number of anilines is 1. The number of nitrogens with one attached hydrogen (secondary N) is 1. The summed E-state index contributed by atoms with van der Waals surface area (Å²) in [6, 6.07) is 14.5. The number of ether oxygens (including phenoxy) is 1. The van der Waals surface area contributed by atoms with Crippen LogP contribution in [0, 0.1) is 5.82 Å². The highest BCUT2D eigenvalue weighted by atomic mass is 35.5. The summed E-state index contributed by atoms with van der Waals surface area (Å²) in [5, 5.41) is 3.57. The number of hydrogen-bond acceptors (Lipinski definition) is 5. The van der Waals surface area contributed by atoms with E-state index in [4.69, 9.17) is 27.9 Å². The molecular weight excluding hydrogens is 616 g/mol. The first-order chi connectivity index (χ1) is 20.5. The topological polar surface area (TPSA) is 96.0 Å². The number of unbranched alkanes of at least 4 members (excludes halogenated alkanes) is 1. The van der Waals surface area contributed by atoms with Gasteiger partial charge in [-0.15, -0.1) is 0 Å². The molecule has 1 atom stereocenters. The first-order valence-corrected chi connectivity index (χ1v) is 16.2. The van der Waals surface area contributed by atoms with Gasteiger partial charge < -0.3 is 15.0 Å². The lowest BCUT2D eigenvalue weighted by Gasteiger charge is -2.33. The fourth-order valence-electron chi connectivity index (χ4n) is 4.40. The Hall–Kier alpha value is -3.34. The monoisotopic (exact) mass is 651 g/mol. The van der Waals surface area contributed by atoms with Gasteiger partial charge in [0.15, 0.2) is 0 Å². The van der Waals surface area contributed by atoms with Gasteiger partial charge in [0.05, 0.1) is 17.2 Å². The average Bonchev–Trinajstić information content (AvgIpc) is 2.98. The molecule has 0 fully saturated rings. The highest BCUT2D eigenvalue weighted by molar-refractivity contribution is 7.92. The van der Waals surface area contributed by atoms with Crippen molar-refractivity contribution in [2.75, 3.05) is 24.0 Å². The minimum absolute atomic E-state index is 0.0745. The Morgan fingerprint density at radius 2 is 1.65 bits per heavy atom. The van der Waals surface area contributed by atoms with Crippen LogP contribution in [-0.4, -0.2) is 50.9 Å². The largest absolute Gasteiger partial charge is 0.494 e. The molecule has 43 heavy (non-hydrogen) atoms. The minimum atomic E-state index is -4.32. The molecule has 1 N–H and O–H groups in total. The van der Waals surface area contributed by atoms with Crippen molar-refractivity contribution in [3.63, 3.8) is 0 Å². The van der Waals surface area contributed by atoms with Crippen LogP contribution in [0.5, 0.6) is 5.75 Å². The van der Waals surface area contributed by atoms with Gasteiger partial charge in [0.25, 0.3) is 10.0 Å². The van der Waals surface area contributed by atoms with Gasteiger partial charge in [-0.3, -0.25) is 13.9 Å². The van der Waals surface area contributed by atoms with Crippen molar-refractivity contribution < 1.29 is 27.1 Å². The number of amides is 2. The summed E-state index contributed by atoms with van der Waals surface area (Å²) in [7, 11) is -4.32. The van der Waals surface area contributed by atoms with E-state index in [1.807, 2.05) is 13.8 Å². The summed E-state index contributed by atoms with van der Waals surface area (Å²) in [6.45, 7) is 5.67. The van der Waals surface area contributed by atoms with Crippen LogP contribution in [0.4, 0.5) is 10.1 Å². The number of nitrogens with zero attached hydrogens (tertiary/aromatic N) is 2. The highest BCUT2D eigenvalue weighted by Gasteiger charge is 2.34. The third-order valence-electron chi connectivity index (χ3n) is 6.69. The Morgan fingerprint density at radius 1 is 0.977 bits per heavy atom. The van der Waals surface area contributed by atoms with E-state index < -0.39 is 34.3 Å². The van der Waals surface area contributed by atoms with Crippen LogP contribution >= 0.6 is 23.2 Å². The molecule has 0 spiro atoms. The Labute approximate surface area is 262 Å². The smallest absolute Gasteiger partial charge is 0.264 e. The van der Waals surface area contributed by atoms with E-state index in [2.05, 4.69) is 5.32 Å². The third kappa shape index (κ3) is 9.08. The molecule has 8 nitrogen and oxygen atoms in total. The van der Waals surface area contributed by atoms with Gasteiger partial charge in [0.1, 0.15) is 24.2 Å². The lowest BCUT2D eigenvalue weighted by atomic mass is 10.1. The number of carbonyl (C=O) groups excluding carboxylic acids is 2. The van der Waals surface area contributed by atoms with Crippen molar-refractivity contribution in [1.82, 2.24) is 10.2 Å². The third-order valence-corrected chi connectivity index (χ3v) is 9.06. The Balaban J connectivity index is 2.05. The van der Waals surface area contributed by atoms with Crippen molar-refractivity contribution in [2.45, 2.75) is 57.5 Å². The van der Waals surface area contributed by atoms with Crippen LogP contribution in [0.1, 0.15) is 45.6 Å². The highest BCUT2D eigenvalue weighted by Crippen LogP contribution is 2.28. The second-order valence-electron chi connectivity index (χ2n) is 9.72. The van der Waals surface area contributed by atoms with Gasteiger partial charge in [-0.2, -0.15) is 0 Å².